The van der Waals surface area contributed by atoms with E-state index in [1.165, 1.54) is 9.08 Å². The van der Waals surface area contributed by atoms with Crippen LogP contribution in [0.15, 0.2) is 24.4 Å². The molecule has 13 heteroatoms. The molecule has 1 saturated heterocycles. The standard InChI is InChI=1S/C21H23F4N9/c1-11-27-14-5-4-13(28-19(14)33(11)9-16(22)23)12-6-7-34-17(12)18(26-2)30-20(31-34)29-15-8-32(3)10-21(15,24)25/h4-7,15-16H,8-10H2,1-3H3,(H2,26,29,30,31)/t15-/m0/s1. The van der Waals surface area contributed by atoms with Crippen LogP contribution in [-0.4, -0.2) is 79.6 Å². The molecule has 4 aromatic rings. The van der Waals surface area contributed by atoms with E-state index in [1.54, 1.807) is 50.3 Å². The number of aromatic nitrogens is 6. The van der Waals surface area contributed by atoms with Crippen molar-refractivity contribution < 1.29 is 17.6 Å². The summed E-state index contributed by atoms with van der Waals surface area (Å²) in [6.45, 7) is 0.978. The number of nitrogens with one attached hydrogen (secondary N) is 2. The Morgan fingerprint density at radius 3 is 2.65 bits per heavy atom. The lowest BCUT2D eigenvalue weighted by Gasteiger charge is -2.19. The van der Waals surface area contributed by atoms with E-state index >= 15 is 0 Å². The van der Waals surface area contributed by atoms with Crippen molar-refractivity contribution in [3.63, 3.8) is 0 Å². The lowest BCUT2D eigenvalue weighted by Crippen LogP contribution is -2.38. The van der Waals surface area contributed by atoms with E-state index in [1.807, 2.05) is 0 Å². The van der Waals surface area contributed by atoms with E-state index in [0.29, 0.717) is 39.6 Å². The third-order valence-corrected chi connectivity index (χ3v) is 5.92. The first-order valence-electron chi connectivity index (χ1n) is 10.7. The van der Waals surface area contributed by atoms with Crippen LogP contribution in [0.2, 0.25) is 0 Å². The normalized spacial score (nSPS) is 18.4. The molecular weight excluding hydrogens is 454 g/mol. The number of fused-ring (bicyclic) bond motifs is 2. The van der Waals surface area contributed by atoms with Crippen LogP contribution in [0.5, 0.6) is 0 Å². The Hall–Kier alpha value is -3.48. The Morgan fingerprint density at radius 2 is 1.97 bits per heavy atom. The van der Waals surface area contributed by atoms with E-state index in [9.17, 15) is 17.6 Å². The zero-order chi connectivity index (χ0) is 24.2. The minimum Gasteiger partial charge on any atom is -0.371 e. The topological polar surface area (TPSA) is 88.2 Å². The van der Waals surface area contributed by atoms with Gasteiger partial charge in [0.1, 0.15) is 22.9 Å². The number of anilines is 2. The number of hydrogen-bond acceptors (Lipinski definition) is 7. The van der Waals surface area contributed by atoms with Crippen LogP contribution in [0.25, 0.3) is 27.9 Å². The molecule has 2 N–H and O–H groups in total. The Labute approximate surface area is 191 Å². The number of alkyl halides is 4. The smallest absolute Gasteiger partial charge is 0.281 e. The van der Waals surface area contributed by atoms with Crippen molar-refractivity contribution in [1.29, 1.82) is 0 Å². The second-order valence-corrected chi connectivity index (χ2v) is 8.41. The van der Waals surface area contributed by atoms with Gasteiger partial charge in [-0.15, -0.1) is 5.10 Å². The Kier molecular flexibility index (Phi) is 5.30. The van der Waals surface area contributed by atoms with Crippen molar-refractivity contribution in [2.24, 2.45) is 0 Å². The van der Waals surface area contributed by atoms with E-state index in [-0.39, 0.29) is 19.0 Å². The Balaban J connectivity index is 1.56. The Bertz CT molecular complexity index is 1360. The number of aryl methyl sites for hydroxylation is 1. The van der Waals surface area contributed by atoms with Gasteiger partial charge in [-0.2, -0.15) is 4.98 Å². The van der Waals surface area contributed by atoms with Crippen LogP contribution in [0.3, 0.4) is 0 Å². The van der Waals surface area contributed by atoms with Gasteiger partial charge < -0.3 is 15.2 Å². The average Bonchev–Trinajstić information content (AvgIpc) is 3.40. The molecule has 5 rings (SSSR count). The molecule has 180 valence electrons. The molecule has 1 aliphatic heterocycles. The maximum absolute atomic E-state index is 14.3. The second kappa shape index (κ2) is 8.08. The lowest BCUT2D eigenvalue weighted by molar-refractivity contribution is 0.00584. The summed E-state index contributed by atoms with van der Waals surface area (Å²) in [5, 5.41) is 10.1. The molecule has 0 saturated carbocycles. The molecule has 0 spiro atoms. The fourth-order valence-corrected chi connectivity index (χ4v) is 4.38. The van der Waals surface area contributed by atoms with Gasteiger partial charge in [-0.05, 0) is 32.2 Å². The summed E-state index contributed by atoms with van der Waals surface area (Å²) in [5.74, 6) is -1.99. The van der Waals surface area contributed by atoms with Gasteiger partial charge in [-0.1, -0.05) is 0 Å². The maximum Gasteiger partial charge on any atom is 0.281 e. The third-order valence-electron chi connectivity index (χ3n) is 5.92. The van der Waals surface area contributed by atoms with Crippen LogP contribution < -0.4 is 10.6 Å². The molecule has 5 heterocycles. The highest BCUT2D eigenvalue weighted by Crippen LogP contribution is 2.32. The van der Waals surface area contributed by atoms with E-state index < -0.39 is 24.9 Å². The molecule has 1 atom stereocenters. The molecule has 0 unspecified atom stereocenters. The second-order valence-electron chi connectivity index (χ2n) is 8.41. The zero-order valence-electron chi connectivity index (χ0n) is 18.7. The molecular formula is C21H23F4N9. The molecule has 0 aliphatic carbocycles. The van der Waals surface area contributed by atoms with Gasteiger partial charge in [-0.3, -0.25) is 4.90 Å². The number of pyridine rings is 1. The van der Waals surface area contributed by atoms with Crippen molar-refractivity contribution >= 4 is 28.4 Å². The summed E-state index contributed by atoms with van der Waals surface area (Å²) < 4.78 is 57.6. The number of likely N-dealkylation sites (tertiary alicyclic amines) is 1. The highest BCUT2D eigenvalue weighted by molar-refractivity contribution is 5.89. The van der Waals surface area contributed by atoms with Gasteiger partial charge in [0, 0.05) is 25.4 Å². The van der Waals surface area contributed by atoms with E-state index in [4.69, 9.17) is 0 Å². The largest absolute Gasteiger partial charge is 0.371 e. The predicted molar refractivity (Wildman–Crippen MR) is 120 cm³/mol. The number of nitrogens with zero attached hydrogens (tertiary/aromatic N) is 7. The highest BCUT2D eigenvalue weighted by atomic mass is 19.3. The van der Waals surface area contributed by atoms with Crippen LogP contribution in [-0.2, 0) is 6.54 Å². The molecule has 1 aliphatic rings. The zero-order valence-corrected chi connectivity index (χ0v) is 18.7. The van der Waals surface area contributed by atoms with Gasteiger partial charge in [0.25, 0.3) is 12.3 Å². The molecule has 34 heavy (non-hydrogen) atoms. The summed E-state index contributed by atoms with van der Waals surface area (Å²) >= 11 is 0. The van der Waals surface area contributed by atoms with E-state index in [2.05, 4.69) is 30.7 Å². The molecule has 0 radical (unpaired) electrons. The first kappa shape index (κ1) is 22.3. The fraction of sp³-hybridized carbons (Fsp3) is 0.429. The molecule has 1 fully saturated rings. The van der Waals surface area contributed by atoms with Crippen molar-refractivity contribution in [3.8, 4) is 11.3 Å². The highest BCUT2D eigenvalue weighted by Gasteiger charge is 2.47. The molecule has 0 bridgehead atoms. The van der Waals surface area contributed by atoms with Crippen LogP contribution in [0, 0.1) is 6.92 Å². The van der Waals surface area contributed by atoms with Crippen LogP contribution in [0.4, 0.5) is 29.3 Å². The van der Waals surface area contributed by atoms with Crippen molar-refractivity contribution in [2.75, 3.05) is 37.8 Å². The van der Waals surface area contributed by atoms with Crippen LogP contribution >= 0.6 is 0 Å². The molecule has 0 aromatic carbocycles. The van der Waals surface area contributed by atoms with Crippen molar-refractivity contribution in [1.82, 2.24) is 34.0 Å². The Morgan fingerprint density at radius 1 is 1.18 bits per heavy atom. The number of halogens is 4. The number of hydrogen-bond donors (Lipinski definition) is 2. The van der Waals surface area contributed by atoms with Gasteiger partial charge >= 0.3 is 0 Å². The van der Waals surface area contributed by atoms with Gasteiger partial charge in [0.05, 0.1) is 18.8 Å². The average molecular weight is 477 g/mol. The van der Waals surface area contributed by atoms with Gasteiger partial charge in [0.15, 0.2) is 11.5 Å². The summed E-state index contributed by atoms with van der Waals surface area (Å²) in [5.41, 5.74) is 2.63. The number of rotatable bonds is 6. The quantitative estimate of drug-likeness (QED) is 0.413. The molecule has 9 nitrogen and oxygen atoms in total. The minimum absolute atomic E-state index is 0.0630. The van der Waals surface area contributed by atoms with Gasteiger partial charge in [-0.25, -0.2) is 32.0 Å². The number of likely N-dealkylation sites (N-methyl/N-ethyl adjacent to an activating group) is 1. The third kappa shape index (κ3) is 3.79. The van der Waals surface area contributed by atoms with Crippen molar-refractivity contribution in [2.45, 2.75) is 31.9 Å². The minimum atomic E-state index is -2.91. The lowest BCUT2D eigenvalue weighted by atomic mass is 10.2. The first-order chi connectivity index (χ1) is 16.2. The van der Waals surface area contributed by atoms with Crippen LogP contribution in [0.1, 0.15) is 5.82 Å². The SMILES string of the molecule is CNc1nc(N[C@H]2CN(C)CC2(F)F)nn2ccc(-c3ccc4nc(C)n(CC(F)F)c4n3)c12. The summed E-state index contributed by atoms with van der Waals surface area (Å²) in [7, 11) is 3.30. The predicted octanol–water partition coefficient (Wildman–Crippen LogP) is 3.12. The fourth-order valence-electron chi connectivity index (χ4n) is 4.38. The molecule has 0 amide bonds. The summed E-state index contributed by atoms with van der Waals surface area (Å²) in [6.07, 6.45) is -0.871. The summed E-state index contributed by atoms with van der Waals surface area (Å²) in [4.78, 5) is 14.9. The monoisotopic (exact) mass is 477 g/mol. The summed E-state index contributed by atoms with van der Waals surface area (Å²) in [6, 6.07) is 4.13. The first-order valence-corrected chi connectivity index (χ1v) is 10.7. The van der Waals surface area contributed by atoms with E-state index in [0.717, 1.165) is 0 Å². The van der Waals surface area contributed by atoms with Crippen molar-refractivity contribution in [3.05, 3.63) is 30.2 Å². The van der Waals surface area contributed by atoms with Gasteiger partial charge in [0.2, 0.25) is 5.95 Å². The maximum atomic E-state index is 14.3. The molecule has 4 aromatic heterocycles. The number of imidazole rings is 1.